The monoisotopic (exact) mass is 445 g/mol. The summed E-state index contributed by atoms with van der Waals surface area (Å²) >= 11 is 0. The molecule has 3 rings (SSSR count). The maximum absolute atomic E-state index is 13.0. The number of hydrogen-bond acceptors (Lipinski definition) is 7. The average molecular weight is 446 g/mol. The SMILES string of the molecule is CCN(CC)c1cccc(S(=O)(=O)NC(=O)c2cccnc2N2CC(C)CC2(C)C)n1. The Hall–Kier alpha value is -2.68. The molecule has 1 amide bonds. The molecule has 2 aromatic heterocycles. The number of aromatic nitrogens is 2. The molecule has 2 aromatic rings. The van der Waals surface area contributed by atoms with Gasteiger partial charge in [-0.3, -0.25) is 4.79 Å². The van der Waals surface area contributed by atoms with Crippen molar-refractivity contribution in [2.45, 2.75) is 51.6 Å². The molecule has 0 bridgehead atoms. The molecule has 168 valence electrons. The Morgan fingerprint density at radius 3 is 2.55 bits per heavy atom. The normalized spacial score (nSPS) is 18.1. The highest BCUT2D eigenvalue weighted by Crippen LogP contribution is 2.37. The molecule has 9 heteroatoms. The first-order chi connectivity index (χ1) is 14.6. The topological polar surface area (TPSA) is 95.5 Å². The maximum atomic E-state index is 13.0. The van der Waals surface area contributed by atoms with E-state index in [4.69, 9.17) is 0 Å². The van der Waals surface area contributed by atoms with Crippen LogP contribution in [0.4, 0.5) is 11.6 Å². The van der Waals surface area contributed by atoms with Gasteiger partial charge in [0.1, 0.15) is 11.6 Å². The van der Waals surface area contributed by atoms with Crippen LogP contribution in [0.5, 0.6) is 0 Å². The molecule has 1 N–H and O–H groups in total. The highest BCUT2D eigenvalue weighted by molar-refractivity contribution is 7.90. The minimum Gasteiger partial charge on any atom is -0.357 e. The summed E-state index contributed by atoms with van der Waals surface area (Å²) in [5, 5.41) is -0.189. The molecule has 1 unspecified atom stereocenters. The number of sulfonamides is 1. The predicted molar refractivity (Wildman–Crippen MR) is 122 cm³/mol. The van der Waals surface area contributed by atoms with Crippen LogP contribution < -0.4 is 14.5 Å². The lowest BCUT2D eigenvalue weighted by atomic mass is 9.97. The van der Waals surface area contributed by atoms with Crippen LogP contribution in [0.3, 0.4) is 0 Å². The van der Waals surface area contributed by atoms with Gasteiger partial charge >= 0.3 is 0 Å². The van der Waals surface area contributed by atoms with Crippen molar-refractivity contribution in [1.29, 1.82) is 0 Å². The number of nitrogens with zero attached hydrogens (tertiary/aromatic N) is 4. The summed E-state index contributed by atoms with van der Waals surface area (Å²) in [5.74, 6) is 0.779. The Morgan fingerprint density at radius 2 is 1.94 bits per heavy atom. The molecule has 1 saturated heterocycles. The van der Waals surface area contributed by atoms with Crippen LogP contribution in [-0.4, -0.2) is 49.5 Å². The summed E-state index contributed by atoms with van der Waals surface area (Å²) in [4.78, 5) is 25.7. The fourth-order valence-corrected chi connectivity index (χ4v) is 5.19. The van der Waals surface area contributed by atoms with Crippen molar-refractivity contribution in [3.05, 3.63) is 42.1 Å². The predicted octanol–water partition coefficient (Wildman–Crippen LogP) is 3.07. The van der Waals surface area contributed by atoms with E-state index in [1.807, 2.05) is 18.7 Å². The van der Waals surface area contributed by atoms with Crippen LogP contribution >= 0.6 is 0 Å². The smallest absolute Gasteiger partial charge is 0.281 e. The van der Waals surface area contributed by atoms with Crippen LogP contribution in [0.15, 0.2) is 41.6 Å². The van der Waals surface area contributed by atoms with E-state index >= 15 is 0 Å². The number of nitrogens with one attached hydrogen (secondary N) is 1. The highest BCUT2D eigenvalue weighted by Gasteiger charge is 2.39. The largest absolute Gasteiger partial charge is 0.357 e. The van der Waals surface area contributed by atoms with Gasteiger partial charge in [0.05, 0.1) is 5.56 Å². The van der Waals surface area contributed by atoms with E-state index in [9.17, 15) is 13.2 Å². The van der Waals surface area contributed by atoms with E-state index in [0.29, 0.717) is 30.6 Å². The van der Waals surface area contributed by atoms with Crippen LogP contribution in [0.2, 0.25) is 0 Å². The third-order valence-corrected chi connectivity index (χ3v) is 6.89. The molecule has 0 saturated carbocycles. The summed E-state index contributed by atoms with van der Waals surface area (Å²) in [5.41, 5.74) is 0.0505. The Balaban J connectivity index is 1.90. The first-order valence-electron chi connectivity index (χ1n) is 10.6. The standard InChI is InChI=1S/C22H31N5O3S/c1-6-26(7-2)18-11-8-12-19(24-18)31(29,30)25-21(28)17-10-9-13-23-20(17)27-15-16(3)14-22(27,4)5/h8-13,16H,6-7,14-15H2,1-5H3,(H,25,28). The molecule has 1 atom stereocenters. The molecule has 1 fully saturated rings. The molecular weight excluding hydrogens is 414 g/mol. The number of hydrogen-bond donors (Lipinski definition) is 1. The van der Waals surface area contributed by atoms with Crippen molar-refractivity contribution >= 4 is 27.6 Å². The van der Waals surface area contributed by atoms with Crippen LogP contribution in [0, 0.1) is 5.92 Å². The molecular formula is C22H31N5O3S. The van der Waals surface area contributed by atoms with E-state index in [-0.39, 0.29) is 16.1 Å². The quantitative estimate of drug-likeness (QED) is 0.700. The van der Waals surface area contributed by atoms with Crippen molar-refractivity contribution in [3.8, 4) is 0 Å². The fraction of sp³-hybridized carbons (Fsp3) is 0.500. The molecule has 0 aromatic carbocycles. The van der Waals surface area contributed by atoms with Crippen molar-refractivity contribution in [3.63, 3.8) is 0 Å². The molecule has 3 heterocycles. The zero-order valence-corrected chi connectivity index (χ0v) is 19.6. The number of rotatable bonds is 7. The Labute approximate surface area is 184 Å². The van der Waals surface area contributed by atoms with Crippen LogP contribution in [0.1, 0.15) is 51.4 Å². The summed E-state index contributed by atoms with van der Waals surface area (Å²) in [6.07, 6.45) is 2.58. The van der Waals surface area contributed by atoms with Gasteiger partial charge in [0.15, 0.2) is 5.03 Å². The number of carbonyl (C=O) groups is 1. The van der Waals surface area contributed by atoms with Crippen LogP contribution in [-0.2, 0) is 10.0 Å². The van der Waals surface area contributed by atoms with Gasteiger partial charge in [0.25, 0.3) is 15.9 Å². The molecule has 1 aliphatic heterocycles. The second-order valence-electron chi connectivity index (χ2n) is 8.55. The fourth-order valence-electron chi connectivity index (χ4n) is 4.26. The third kappa shape index (κ3) is 4.81. The summed E-state index contributed by atoms with van der Waals surface area (Å²) in [6, 6.07) is 8.01. The minimum absolute atomic E-state index is 0.179. The van der Waals surface area contributed by atoms with Gasteiger partial charge in [-0.1, -0.05) is 13.0 Å². The number of amides is 1. The number of pyridine rings is 2. The zero-order chi connectivity index (χ0) is 22.8. The lowest BCUT2D eigenvalue weighted by molar-refractivity contribution is 0.0981. The molecule has 0 radical (unpaired) electrons. The molecule has 31 heavy (non-hydrogen) atoms. The molecule has 1 aliphatic rings. The van der Waals surface area contributed by atoms with Crippen molar-refractivity contribution in [2.75, 3.05) is 29.4 Å². The van der Waals surface area contributed by atoms with E-state index in [1.54, 1.807) is 30.5 Å². The second-order valence-corrected chi connectivity index (χ2v) is 10.2. The lowest BCUT2D eigenvalue weighted by Crippen LogP contribution is -2.41. The van der Waals surface area contributed by atoms with E-state index in [0.717, 1.165) is 13.0 Å². The number of anilines is 2. The van der Waals surface area contributed by atoms with Crippen molar-refractivity contribution in [1.82, 2.24) is 14.7 Å². The van der Waals surface area contributed by atoms with E-state index in [1.165, 1.54) is 6.07 Å². The lowest BCUT2D eigenvalue weighted by Gasteiger charge is -2.33. The van der Waals surface area contributed by atoms with Gasteiger partial charge in [0.2, 0.25) is 0 Å². The number of carbonyl (C=O) groups excluding carboxylic acids is 1. The van der Waals surface area contributed by atoms with Gasteiger partial charge in [0, 0.05) is 31.4 Å². The minimum atomic E-state index is -4.14. The molecule has 8 nitrogen and oxygen atoms in total. The second kappa shape index (κ2) is 8.82. The Kier molecular flexibility index (Phi) is 6.54. The van der Waals surface area contributed by atoms with Gasteiger partial charge in [-0.05, 0) is 64.3 Å². The average Bonchev–Trinajstić information content (AvgIpc) is 3.00. The van der Waals surface area contributed by atoms with Gasteiger partial charge in [-0.25, -0.2) is 14.7 Å². The molecule has 0 aliphatic carbocycles. The zero-order valence-electron chi connectivity index (χ0n) is 18.8. The first kappa shape index (κ1) is 23.0. The third-order valence-electron chi connectivity index (χ3n) is 5.66. The van der Waals surface area contributed by atoms with Gasteiger partial charge in [-0.15, -0.1) is 0 Å². The Morgan fingerprint density at radius 1 is 1.23 bits per heavy atom. The highest BCUT2D eigenvalue weighted by atomic mass is 32.2. The first-order valence-corrected chi connectivity index (χ1v) is 12.1. The van der Waals surface area contributed by atoms with Crippen LogP contribution in [0.25, 0.3) is 0 Å². The Bertz CT molecular complexity index is 1050. The van der Waals surface area contributed by atoms with E-state index in [2.05, 4.69) is 40.4 Å². The van der Waals surface area contributed by atoms with Gasteiger partial charge < -0.3 is 9.80 Å². The maximum Gasteiger partial charge on any atom is 0.281 e. The van der Waals surface area contributed by atoms with Gasteiger partial charge in [-0.2, -0.15) is 8.42 Å². The van der Waals surface area contributed by atoms with E-state index < -0.39 is 15.9 Å². The molecule has 0 spiro atoms. The summed E-state index contributed by atoms with van der Waals surface area (Å²) in [6.45, 7) is 12.5. The summed E-state index contributed by atoms with van der Waals surface area (Å²) in [7, 11) is -4.14. The van der Waals surface area contributed by atoms with Crippen molar-refractivity contribution < 1.29 is 13.2 Å². The van der Waals surface area contributed by atoms with Crippen molar-refractivity contribution in [2.24, 2.45) is 5.92 Å². The summed E-state index contributed by atoms with van der Waals surface area (Å²) < 4.78 is 28.0.